The number of carboxylic acids is 1. The lowest BCUT2D eigenvalue weighted by Crippen LogP contribution is -2.39. The number of nitriles is 1. The van der Waals surface area contributed by atoms with Crippen molar-refractivity contribution in [2.75, 3.05) is 6.61 Å². The molecule has 0 aromatic heterocycles. The Morgan fingerprint density at radius 1 is 1.46 bits per heavy atom. The number of nitrogens with zero attached hydrogens (tertiary/aromatic N) is 1. The number of carbonyl (C=O) groups is 1. The van der Waals surface area contributed by atoms with E-state index in [-0.39, 0.29) is 12.5 Å². The number of benzene rings is 1. The van der Waals surface area contributed by atoms with Gasteiger partial charge in [0.05, 0.1) is 18.1 Å². The summed E-state index contributed by atoms with van der Waals surface area (Å²) in [7, 11) is 0. The van der Waals surface area contributed by atoms with Crippen LogP contribution in [0.4, 0.5) is 0 Å². The summed E-state index contributed by atoms with van der Waals surface area (Å²) < 4.78 is 0. The van der Waals surface area contributed by atoms with Crippen molar-refractivity contribution in [3.63, 3.8) is 0 Å². The summed E-state index contributed by atoms with van der Waals surface area (Å²) >= 11 is 0. The van der Waals surface area contributed by atoms with E-state index >= 15 is 0 Å². The van der Waals surface area contributed by atoms with Crippen LogP contribution in [0.15, 0.2) is 42.5 Å². The zero-order valence-corrected chi connectivity index (χ0v) is 14.1. The molecule has 0 aliphatic carbocycles. The predicted molar refractivity (Wildman–Crippen MR) is 94.0 cm³/mol. The van der Waals surface area contributed by atoms with Gasteiger partial charge in [-0.25, -0.2) is 0 Å². The molecule has 5 nitrogen and oxygen atoms in total. The molecule has 1 aromatic carbocycles. The Bertz CT molecular complexity index is 671. The van der Waals surface area contributed by atoms with Gasteiger partial charge in [0.25, 0.3) is 0 Å². The first-order chi connectivity index (χ1) is 11.2. The topological polar surface area (TPSA) is 107 Å². The maximum Gasteiger partial charge on any atom is 0.311 e. The average Bonchev–Trinajstić information content (AvgIpc) is 2.54. The van der Waals surface area contributed by atoms with E-state index in [1.807, 2.05) is 24.3 Å². The Hall–Kier alpha value is -2.42. The maximum atomic E-state index is 11.2. The van der Waals surface area contributed by atoms with E-state index in [9.17, 15) is 15.0 Å². The largest absolute Gasteiger partial charge is 0.481 e. The Kier molecular flexibility index (Phi) is 6.90. The highest BCUT2D eigenvalue weighted by Crippen LogP contribution is 2.24. The fourth-order valence-corrected chi connectivity index (χ4v) is 2.40. The molecule has 5 heteroatoms. The predicted octanol–water partition coefficient (Wildman–Crippen LogP) is 2.51. The summed E-state index contributed by atoms with van der Waals surface area (Å²) in [6.45, 7) is 6.71. The van der Waals surface area contributed by atoms with Crippen molar-refractivity contribution in [3.8, 4) is 6.07 Å². The van der Waals surface area contributed by atoms with Gasteiger partial charge in [0, 0.05) is 11.6 Å². The Morgan fingerprint density at radius 2 is 2.04 bits per heavy atom. The van der Waals surface area contributed by atoms with E-state index in [0.29, 0.717) is 12.0 Å². The smallest absolute Gasteiger partial charge is 0.311 e. The van der Waals surface area contributed by atoms with E-state index in [2.05, 4.69) is 12.6 Å². The lowest BCUT2D eigenvalue weighted by molar-refractivity contribution is -0.151. The van der Waals surface area contributed by atoms with E-state index in [1.54, 1.807) is 13.0 Å². The molecule has 128 valence electrons. The first-order valence-electron chi connectivity index (χ1n) is 7.68. The summed E-state index contributed by atoms with van der Waals surface area (Å²) in [5.41, 5.74) is 8.05. The quantitative estimate of drug-likeness (QED) is 0.502. The summed E-state index contributed by atoms with van der Waals surface area (Å²) in [5, 5.41) is 27.3. The number of hydrogen-bond acceptors (Lipinski definition) is 4. The second-order valence-corrected chi connectivity index (χ2v) is 6.35. The van der Waals surface area contributed by atoms with Crippen molar-refractivity contribution in [1.82, 2.24) is 0 Å². The van der Waals surface area contributed by atoms with Gasteiger partial charge in [-0.15, -0.1) is 0 Å². The molecule has 0 amide bonds. The Balaban J connectivity index is 2.76. The summed E-state index contributed by atoms with van der Waals surface area (Å²) in [4.78, 5) is 11.2. The van der Waals surface area contributed by atoms with Gasteiger partial charge in [0.2, 0.25) is 0 Å². The minimum atomic E-state index is -1.23. The third-order valence-electron chi connectivity index (χ3n) is 3.97. The van der Waals surface area contributed by atoms with Crippen LogP contribution in [0.25, 0.3) is 5.57 Å². The first-order valence-corrected chi connectivity index (χ1v) is 7.68. The molecule has 0 spiro atoms. The fourth-order valence-electron chi connectivity index (χ4n) is 2.40. The number of allylic oxidation sites excluding steroid dienone is 3. The zero-order valence-electron chi connectivity index (χ0n) is 14.1. The molecule has 4 N–H and O–H groups in total. The van der Waals surface area contributed by atoms with Gasteiger partial charge in [-0.1, -0.05) is 30.8 Å². The highest BCUT2D eigenvalue weighted by atomic mass is 16.4. The summed E-state index contributed by atoms with van der Waals surface area (Å²) in [6, 6.07) is 9.30. The van der Waals surface area contributed by atoms with Gasteiger partial charge in [0.1, 0.15) is 0 Å². The van der Waals surface area contributed by atoms with Crippen molar-refractivity contribution >= 4 is 11.5 Å². The third kappa shape index (κ3) is 5.34. The summed E-state index contributed by atoms with van der Waals surface area (Å²) in [5.74, 6) is -1.05. The second-order valence-electron chi connectivity index (χ2n) is 6.35. The third-order valence-corrected chi connectivity index (χ3v) is 3.97. The number of hydrogen-bond donors (Lipinski definition) is 3. The fraction of sp³-hybridized carbons (Fsp3) is 0.368. The standard InChI is InChI=1S/C19H24N2O3/c1-13(11-20)8-14(2)16-6-4-15(5-7-16)9-17(21)10-19(3,12-22)18(23)24/h4-8,17,22H,2,9-10,12,21H2,1,3H3,(H,23,24). The Morgan fingerprint density at radius 3 is 2.50 bits per heavy atom. The monoisotopic (exact) mass is 328 g/mol. The van der Waals surface area contributed by atoms with Crippen LogP contribution in [0, 0.1) is 16.7 Å². The maximum absolute atomic E-state index is 11.2. The minimum absolute atomic E-state index is 0.192. The molecule has 1 rings (SSSR count). The second kappa shape index (κ2) is 8.44. The van der Waals surface area contributed by atoms with E-state index in [0.717, 1.165) is 16.7 Å². The molecule has 2 atom stereocenters. The van der Waals surface area contributed by atoms with Crippen molar-refractivity contribution in [1.29, 1.82) is 5.26 Å². The van der Waals surface area contributed by atoms with Gasteiger partial charge >= 0.3 is 5.97 Å². The molecule has 0 saturated carbocycles. The van der Waals surface area contributed by atoms with E-state index in [1.165, 1.54) is 6.92 Å². The van der Waals surface area contributed by atoms with Crippen LogP contribution >= 0.6 is 0 Å². The van der Waals surface area contributed by atoms with Gasteiger partial charge in [-0.3, -0.25) is 4.79 Å². The van der Waals surface area contributed by atoms with Crippen LogP contribution < -0.4 is 5.73 Å². The lowest BCUT2D eigenvalue weighted by Gasteiger charge is -2.25. The van der Waals surface area contributed by atoms with Gasteiger partial charge in [-0.05, 0) is 49.5 Å². The van der Waals surface area contributed by atoms with Gasteiger partial charge < -0.3 is 15.9 Å². The van der Waals surface area contributed by atoms with Crippen LogP contribution in [0.5, 0.6) is 0 Å². The molecule has 1 aromatic rings. The molecule has 0 heterocycles. The normalized spacial score (nSPS) is 15.2. The SMILES string of the molecule is C=C(C=C(C)C#N)c1ccc(CC(N)CC(C)(CO)C(=O)O)cc1. The summed E-state index contributed by atoms with van der Waals surface area (Å²) in [6.07, 6.45) is 2.43. The van der Waals surface area contributed by atoms with Crippen LogP contribution in [-0.2, 0) is 11.2 Å². The van der Waals surface area contributed by atoms with Crippen LogP contribution in [0.2, 0.25) is 0 Å². The van der Waals surface area contributed by atoms with Crippen LogP contribution in [0.1, 0.15) is 31.4 Å². The van der Waals surface area contributed by atoms with Gasteiger partial charge in [-0.2, -0.15) is 5.26 Å². The highest BCUT2D eigenvalue weighted by Gasteiger charge is 2.34. The van der Waals surface area contributed by atoms with E-state index < -0.39 is 18.0 Å². The zero-order chi connectivity index (χ0) is 18.3. The molecule has 0 saturated heterocycles. The number of rotatable bonds is 8. The number of aliphatic hydroxyl groups is 1. The van der Waals surface area contributed by atoms with Gasteiger partial charge in [0.15, 0.2) is 0 Å². The average molecular weight is 328 g/mol. The molecule has 0 fully saturated rings. The molecular formula is C19H24N2O3. The minimum Gasteiger partial charge on any atom is -0.481 e. The number of aliphatic carboxylic acids is 1. The molecule has 2 unspecified atom stereocenters. The van der Waals surface area contributed by atoms with Crippen molar-refractivity contribution in [2.24, 2.45) is 11.1 Å². The molecule has 0 radical (unpaired) electrons. The molecule has 24 heavy (non-hydrogen) atoms. The highest BCUT2D eigenvalue weighted by molar-refractivity contribution is 5.74. The number of nitrogens with two attached hydrogens (primary N) is 1. The Labute approximate surface area is 142 Å². The number of carboxylic acid groups (broad SMARTS) is 1. The number of aliphatic hydroxyl groups excluding tert-OH is 1. The van der Waals surface area contributed by atoms with Crippen molar-refractivity contribution in [3.05, 3.63) is 53.6 Å². The van der Waals surface area contributed by atoms with E-state index in [4.69, 9.17) is 11.0 Å². The molecule has 0 aliphatic rings. The van der Waals surface area contributed by atoms with Crippen molar-refractivity contribution in [2.45, 2.75) is 32.7 Å². The molecule has 0 aliphatic heterocycles. The lowest BCUT2D eigenvalue weighted by atomic mass is 9.83. The van der Waals surface area contributed by atoms with Crippen LogP contribution in [0.3, 0.4) is 0 Å². The molecule has 0 bridgehead atoms. The van der Waals surface area contributed by atoms with Crippen molar-refractivity contribution < 1.29 is 15.0 Å². The first kappa shape index (κ1) is 19.6. The molecular weight excluding hydrogens is 304 g/mol. The van der Waals surface area contributed by atoms with Crippen LogP contribution in [-0.4, -0.2) is 28.8 Å².